The van der Waals surface area contributed by atoms with Gasteiger partial charge in [-0.1, -0.05) is 224 Å². The first-order chi connectivity index (χ1) is 38.2. The molecule has 77 heavy (non-hydrogen) atoms. The van der Waals surface area contributed by atoms with Crippen LogP contribution in [-0.2, 0) is 0 Å². The SMILES string of the molecule is c1ccc(-c2cc(-c3ccccc3)cc(-c3cc4c5ccccc5c(-c5cc6cccc7c6c6c5cccc6c5c7c6ccccc6n5-c5cc(-c6ccccc6)cc(-c6ccccc6)c5)cc4c4ccccc34)c2)cc1. The number of hydrogen-bond acceptors (Lipinski definition) is 0. The summed E-state index contributed by atoms with van der Waals surface area (Å²) in [4.78, 5) is 0. The van der Waals surface area contributed by atoms with Gasteiger partial charge in [-0.2, -0.15) is 0 Å². The van der Waals surface area contributed by atoms with Gasteiger partial charge in [0.25, 0.3) is 0 Å². The van der Waals surface area contributed by atoms with Gasteiger partial charge < -0.3 is 4.57 Å². The summed E-state index contributed by atoms with van der Waals surface area (Å²) in [6, 6.07) is 106. The fourth-order valence-corrected chi connectivity index (χ4v) is 13.0. The number of aromatic nitrogens is 1. The van der Waals surface area contributed by atoms with E-state index in [1.54, 1.807) is 0 Å². The zero-order valence-corrected chi connectivity index (χ0v) is 42.1. The number of para-hydroxylation sites is 1. The molecule has 0 atom stereocenters. The largest absolute Gasteiger partial charge is 0.309 e. The highest BCUT2D eigenvalue weighted by Crippen LogP contribution is 2.51. The zero-order valence-electron chi connectivity index (χ0n) is 42.1. The molecule has 1 heteroatoms. The average Bonchev–Trinajstić information content (AvgIpc) is 3.91. The van der Waals surface area contributed by atoms with Gasteiger partial charge in [-0.25, -0.2) is 0 Å². The van der Waals surface area contributed by atoms with Crippen LogP contribution in [0.15, 0.2) is 285 Å². The highest BCUT2D eigenvalue weighted by atomic mass is 15.0. The molecule has 0 amide bonds. The van der Waals surface area contributed by atoms with E-state index in [2.05, 4.69) is 290 Å². The number of fused-ring (bicyclic) bond motifs is 10. The molecule has 16 rings (SSSR count). The molecule has 16 aromatic rings. The van der Waals surface area contributed by atoms with Crippen LogP contribution < -0.4 is 0 Å². The maximum Gasteiger partial charge on any atom is 0.0626 e. The Morgan fingerprint density at radius 2 is 0.597 bits per heavy atom. The van der Waals surface area contributed by atoms with Crippen LogP contribution in [0.5, 0.6) is 0 Å². The van der Waals surface area contributed by atoms with E-state index in [4.69, 9.17) is 0 Å². The molecule has 0 aliphatic rings. The third-order valence-electron chi connectivity index (χ3n) is 16.4. The first-order valence-corrected chi connectivity index (χ1v) is 26.7. The lowest BCUT2D eigenvalue weighted by Crippen LogP contribution is -1.98. The van der Waals surface area contributed by atoms with Gasteiger partial charge in [-0.15, -0.1) is 0 Å². The predicted molar refractivity (Wildman–Crippen MR) is 330 cm³/mol. The van der Waals surface area contributed by atoms with Gasteiger partial charge in [0.15, 0.2) is 0 Å². The Morgan fingerprint density at radius 3 is 1.17 bits per heavy atom. The molecule has 0 bridgehead atoms. The number of benzene rings is 15. The van der Waals surface area contributed by atoms with Crippen LogP contribution in [-0.4, -0.2) is 4.57 Å². The van der Waals surface area contributed by atoms with E-state index in [1.807, 2.05) is 0 Å². The van der Waals surface area contributed by atoms with Gasteiger partial charge in [0.05, 0.1) is 11.0 Å². The summed E-state index contributed by atoms with van der Waals surface area (Å²) < 4.78 is 2.56. The molecular formula is C76H47N. The van der Waals surface area contributed by atoms with Gasteiger partial charge in [0.1, 0.15) is 0 Å². The molecule has 0 saturated carbocycles. The molecule has 0 spiro atoms. The van der Waals surface area contributed by atoms with Crippen LogP contribution in [0.4, 0.5) is 0 Å². The molecule has 0 radical (unpaired) electrons. The van der Waals surface area contributed by atoms with Crippen molar-refractivity contribution in [2.45, 2.75) is 0 Å². The summed E-state index contributed by atoms with van der Waals surface area (Å²) in [6.07, 6.45) is 0. The van der Waals surface area contributed by atoms with E-state index < -0.39 is 0 Å². The Bertz CT molecular complexity index is 4880. The van der Waals surface area contributed by atoms with Crippen LogP contribution >= 0.6 is 0 Å². The van der Waals surface area contributed by atoms with Crippen LogP contribution in [0, 0.1) is 0 Å². The Balaban J connectivity index is 0.975. The van der Waals surface area contributed by atoms with E-state index >= 15 is 0 Å². The summed E-state index contributed by atoms with van der Waals surface area (Å²) in [5, 5.41) is 17.6. The van der Waals surface area contributed by atoms with Crippen molar-refractivity contribution in [1.82, 2.24) is 4.57 Å². The smallest absolute Gasteiger partial charge is 0.0626 e. The molecule has 0 saturated heterocycles. The monoisotopic (exact) mass is 973 g/mol. The lowest BCUT2D eigenvalue weighted by Gasteiger charge is -2.20. The molecule has 356 valence electrons. The molecular weight excluding hydrogens is 927 g/mol. The van der Waals surface area contributed by atoms with Crippen molar-refractivity contribution in [1.29, 1.82) is 0 Å². The summed E-state index contributed by atoms with van der Waals surface area (Å²) in [7, 11) is 0. The van der Waals surface area contributed by atoms with Crippen molar-refractivity contribution in [3.8, 4) is 72.4 Å². The Morgan fingerprint density at radius 1 is 0.195 bits per heavy atom. The van der Waals surface area contributed by atoms with Gasteiger partial charge in [0.2, 0.25) is 0 Å². The minimum absolute atomic E-state index is 1.14. The van der Waals surface area contributed by atoms with E-state index in [-0.39, 0.29) is 0 Å². The van der Waals surface area contributed by atoms with E-state index in [1.165, 1.54) is 153 Å². The van der Waals surface area contributed by atoms with Gasteiger partial charge >= 0.3 is 0 Å². The Hall–Kier alpha value is -10.1. The van der Waals surface area contributed by atoms with E-state index in [9.17, 15) is 0 Å². The number of nitrogens with zero attached hydrogens (tertiary/aromatic N) is 1. The van der Waals surface area contributed by atoms with Crippen LogP contribution in [0.25, 0.3) is 159 Å². The fourth-order valence-electron chi connectivity index (χ4n) is 13.0. The quantitative estimate of drug-likeness (QED) is 0.140. The second-order valence-electron chi connectivity index (χ2n) is 20.7. The van der Waals surface area contributed by atoms with Crippen molar-refractivity contribution in [3.05, 3.63) is 285 Å². The normalized spacial score (nSPS) is 11.9. The van der Waals surface area contributed by atoms with Crippen molar-refractivity contribution in [2.75, 3.05) is 0 Å². The van der Waals surface area contributed by atoms with Crippen molar-refractivity contribution in [2.24, 2.45) is 0 Å². The van der Waals surface area contributed by atoms with E-state index in [0.29, 0.717) is 0 Å². The first-order valence-electron chi connectivity index (χ1n) is 26.7. The maximum absolute atomic E-state index is 2.56. The van der Waals surface area contributed by atoms with Crippen LogP contribution in [0.2, 0.25) is 0 Å². The second-order valence-corrected chi connectivity index (χ2v) is 20.7. The first kappa shape index (κ1) is 43.3. The fraction of sp³-hybridized carbons (Fsp3) is 0. The summed E-state index contributed by atoms with van der Waals surface area (Å²) in [5.41, 5.74) is 18.1. The molecule has 1 aromatic heterocycles. The highest BCUT2D eigenvalue weighted by molar-refractivity contribution is 6.39. The lowest BCUT2D eigenvalue weighted by atomic mass is 9.83. The third-order valence-corrected chi connectivity index (χ3v) is 16.4. The van der Waals surface area contributed by atoms with Crippen molar-refractivity contribution in [3.63, 3.8) is 0 Å². The standard InChI is InChI=1S/C76H47N/c1-5-21-48(22-6-1)53-39-54(49-23-7-2-8-24-49)42-57(41-53)67-46-69-61-32-15-16-33-62(61)70(47-71(69)60-31-14-13-30-59(60)67)68-45-52-29-19-36-65-73(52)74-63(68)35-20-37-66(74)76-75(65)64-34-17-18-38-72(64)77(76)58-43-55(50-25-9-3-10-26-50)40-56(44-58)51-27-11-4-12-28-51/h1-47H. The Kier molecular flexibility index (Phi) is 9.71. The highest BCUT2D eigenvalue weighted by Gasteiger charge is 2.25. The van der Waals surface area contributed by atoms with Crippen LogP contribution in [0.3, 0.4) is 0 Å². The van der Waals surface area contributed by atoms with Gasteiger partial charge in [-0.05, 0) is 181 Å². The van der Waals surface area contributed by atoms with E-state index in [0.717, 1.165) is 5.69 Å². The van der Waals surface area contributed by atoms with Crippen LogP contribution in [0.1, 0.15) is 0 Å². The molecule has 1 nitrogen and oxygen atoms in total. The lowest BCUT2D eigenvalue weighted by molar-refractivity contribution is 1.19. The van der Waals surface area contributed by atoms with Crippen molar-refractivity contribution < 1.29 is 0 Å². The molecule has 1 heterocycles. The topological polar surface area (TPSA) is 4.93 Å². The zero-order chi connectivity index (χ0) is 50.6. The van der Waals surface area contributed by atoms with Gasteiger partial charge in [-0.3, -0.25) is 0 Å². The van der Waals surface area contributed by atoms with Gasteiger partial charge in [0, 0.05) is 27.2 Å². The summed E-state index contributed by atoms with van der Waals surface area (Å²) in [6.45, 7) is 0. The minimum Gasteiger partial charge on any atom is -0.309 e. The summed E-state index contributed by atoms with van der Waals surface area (Å²) in [5.74, 6) is 0. The number of hydrogen-bond donors (Lipinski definition) is 0. The third kappa shape index (κ3) is 6.81. The molecule has 0 aliphatic carbocycles. The summed E-state index contributed by atoms with van der Waals surface area (Å²) >= 11 is 0. The molecule has 0 unspecified atom stereocenters. The molecule has 0 N–H and O–H groups in total. The Labute approximate surface area is 446 Å². The minimum atomic E-state index is 1.14. The average molecular weight is 974 g/mol. The molecule has 0 fully saturated rings. The molecule has 0 aliphatic heterocycles. The maximum atomic E-state index is 2.56. The number of rotatable bonds is 7. The molecule has 15 aromatic carbocycles. The predicted octanol–water partition coefficient (Wildman–Crippen LogP) is 21.1. The second kappa shape index (κ2) is 17.2. The van der Waals surface area contributed by atoms with Crippen molar-refractivity contribution >= 4 is 86.4 Å².